The quantitative estimate of drug-likeness (QED) is 0.462. The van der Waals surface area contributed by atoms with Crippen LogP contribution in [0.5, 0.6) is 0 Å². The zero-order chi connectivity index (χ0) is 18.4. The maximum absolute atomic E-state index is 12.4. The minimum Gasteiger partial charge on any atom is -0.478 e. The Bertz CT molecular complexity index is 881. The van der Waals surface area contributed by atoms with Gasteiger partial charge in [0.1, 0.15) is 6.04 Å². The molecule has 2 aromatic rings. The Morgan fingerprint density at radius 2 is 2.08 bits per heavy atom. The van der Waals surface area contributed by atoms with E-state index in [1.54, 1.807) is 6.19 Å². The lowest BCUT2D eigenvalue weighted by molar-refractivity contribution is -0.132. The van der Waals surface area contributed by atoms with Crippen molar-refractivity contribution in [1.29, 1.82) is 5.26 Å². The van der Waals surface area contributed by atoms with E-state index in [0.29, 0.717) is 6.08 Å². The molecule has 7 nitrogen and oxygen atoms in total. The van der Waals surface area contributed by atoms with E-state index in [2.05, 4.69) is 5.32 Å². The number of nitriles is 1. The Morgan fingerprint density at radius 3 is 2.76 bits per heavy atom. The van der Waals surface area contributed by atoms with Crippen LogP contribution in [0.25, 0.3) is 10.1 Å². The second-order valence-electron chi connectivity index (χ2n) is 5.19. The van der Waals surface area contributed by atoms with E-state index in [0.717, 1.165) is 26.6 Å². The number of carboxylic acid groups (broad SMARTS) is 1. The standard InChI is InChI=1S/C17H15N3O4S/c1-20(10-18)17(24)13(19-15(21)6-7-16(22)23)8-11-9-25-14-5-3-2-4-12(11)14/h2-7,9,13H,8H2,1H3,(H,19,21)(H,22,23). The number of thiophene rings is 1. The molecule has 0 saturated heterocycles. The fourth-order valence-electron chi connectivity index (χ4n) is 2.26. The highest BCUT2D eigenvalue weighted by Crippen LogP contribution is 2.26. The lowest BCUT2D eigenvalue weighted by atomic mass is 10.0. The summed E-state index contributed by atoms with van der Waals surface area (Å²) in [5, 5.41) is 22.8. The number of amides is 2. The summed E-state index contributed by atoms with van der Waals surface area (Å²) >= 11 is 1.52. The molecule has 128 valence electrons. The Kier molecular flexibility index (Phi) is 5.87. The SMILES string of the molecule is CN(C#N)C(=O)C(Cc1csc2ccccc12)NC(=O)C=CC(=O)O. The van der Waals surface area contributed by atoms with Crippen LogP contribution in [0.1, 0.15) is 5.56 Å². The zero-order valence-corrected chi connectivity index (χ0v) is 14.1. The fraction of sp³-hybridized carbons (Fsp3) is 0.176. The third kappa shape index (κ3) is 4.65. The predicted molar refractivity (Wildman–Crippen MR) is 92.6 cm³/mol. The van der Waals surface area contributed by atoms with Crippen LogP contribution in [0.15, 0.2) is 41.8 Å². The second kappa shape index (κ2) is 8.08. The summed E-state index contributed by atoms with van der Waals surface area (Å²) in [5.41, 5.74) is 0.868. The van der Waals surface area contributed by atoms with Gasteiger partial charge in [0.05, 0.1) is 0 Å². The van der Waals surface area contributed by atoms with Gasteiger partial charge in [-0.05, 0) is 22.4 Å². The number of fused-ring (bicyclic) bond motifs is 1. The van der Waals surface area contributed by atoms with Crippen LogP contribution >= 0.6 is 11.3 Å². The van der Waals surface area contributed by atoms with Gasteiger partial charge < -0.3 is 10.4 Å². The minimum atomic E-state index is -1.27. The summed E-state index contributed by atoms with van der Waals surface area (Å²) < 4.78 is 1.05. The number of nitrogens with one attached hydrogen (secondary N) is 1. The number of nitrogens with zero attached hydrogens (tertiary/aromatic N) is 2. The van der Waals surface area contributed by atoms with E-state index in [1.165, 1.54) is 18.4 Å². The number of hydrogen-bond donors (Lipinski definition) is 2. The van der Waals surface area contributed by atoms with Crippen LogP contribution in [0.4, 0.5) is 0 Å². The first-order valence-electron chi connectivity index (χ1n) is 7.26. The lowest BCUT2D eigenvalue weighted by Crippen LogP contribution is -2.46. The summed E-state index contributed by atoms with van der Waals surface area (Å²) in [6.45, 7) is 0. The third-order valence-electron chi connectivity index (χ3n) is 3.46. The highest BCUT2D eigenvalue weighted by atomic mass is 32.1. The maximum atomic E-state index is 12.4. The second-order valence-corrected chi connectivity index (χ2v) is 6.10. The molecule has 1 aromatic heterocycles. The van der Waals surface area contributed by atoms with Gasteiger partial charge in [-0.3, -0.25) is 14.5 Å². The first kappa shape index (κ1) is 18.2. The fourth-order valence-corrected chi connectivity index (χ4v) is 3.24. The summed E-state index contributed by atoms with van der Waals surface area (Å²) in [7, 11) is 1.31. The molecule has 2 N–H and O–H groups in total. The van der Waals surface area contributed by atoms with Gasteiger partial charge in [-0.2, -0.15) is 5.26 Å². The number of aliphatic carboxylic acids is 1. The van der Waals surface area contributed by atoms with Crippen LogP contribution in [0.2, 0.25) is 0 Å². The van der Waals surface area contributed by atoms with Gasteiger partial charge in [0.15, 0.2) is 6.19 Å². The molecule has 0 aliphatic carbocycles. The zero-order valence-electron chi connectivity index (χ0n) is 13.3. The minimum absolute atomic E-state index is 0.196. The molecule has 0 bridgehead atoms. The molecule has 1 aromatic carbocycles. The highest BCUT2D eigenvalue weighted by molar-refractivity contribution is 7.17. The number of carbonyl (C=O) groups is 3. The smallest absolute Gasteiger partial charge is 0.328 e. The van der Waals surface area contributed by atoms with E-state index in [-0.39, 0.29) is 6.42 Å². The Hall–Kier alpha value is -3.18. The number of carboxylic acids is 1. The summed E-state index contributed by atoms with van der Waals surface area (Å²) in [4.78, 5) is 35.5. The number of hydrogen-bond acceptors (Lipinski definition) is 5. The molecule has 0 spiro atoms. The van der Waals surface area contributed by atoms with Gasteiger partial charge in [-0.25, -0.2) is 4.79 Å². The molecule has 1 heterocycles. The number of benzene rings is 1. The van der Waals surface area contributed by atoms with E-state index in [1.807, 2.05) is 29.6 Å². The molecule has 8 heteroatoms. The largest absolute Gasteiger partial charge is 0.478 e. The molecule has 1 atom stereocenters. The van der Waals surface area contributed by atoms with Crippen LogP contribution in [-0.4, -0.2) is 40.9 Å². The molecular weight excluding hydrogens is 342 g/mol. The van der Waals surface area contributed by atoms with Crippen molar-refractivity contribution in [3.63, 3.8) is 0 Å². The van der Waals surface area contributed by atoms with Crippen molar-refractivity contribution in [3.05, 3.63) is 47.4 Å². The molecule has 0 saturated carbocycles. The average Bonchev–Trinajstić information content (AvgIpc) is 3.01. The topological polar surface area (TPSA) is 111 Å². The highest BCUT2D eigenvalue weighted by Gasteiger charge is 2.25. The van der Waals surface area contributed by atoms with Crippen LogP contribution in [0.3, 0.4) is 0 Å². The molecule has 2 amide bonds. The Morgan fingerprint density at radius 1 is 1.36 bits per heavy atom. The predicted octanol–water partition coefficient (Wildman–Crippen LogP) is 1.51. The van der Waals surface area contributed by atoms with Crippen LogP contribution in [-0.2, 0) is 20.8 Å². The van der Waals surface area contributed by atoms with Crippen molar-refractivity contribution in [3.8, 4) is 6.19 Å². The van der Waals surface area contributed by atoms with Crippen molar-refractivity contribution >= 4 is 39.2 Å². The van der Waals surface area contributed by atoms with Gasteiger partial charge in [0, 0.05) is 30.3 Å². The molecule has 0 aliphatic heterocycles. The number of likely N-dealkylation sites (N-methyl/N-ethyl adjacent to an activating group) is 1. The van der Waals surface area contributed by atoms with Crippen molar-refractivity contribution < 1.29 is 19.5 Å². The normalized spacial score (nSPS) is 11.8. The summed E-state index contributed by atoms with van der Waals surface area (Å²) in [5.74, 6) is -2.56. The third-order valence-corrected chi connectivity index (χ3v) is 4.47. The number of rotatable bonds is 6. The molecule has 0 aliphatic rings. The van der Waals surface area contributed by atoms with E-state index in [4.69, 9.17) is 10.4 Å². The average molecular weight is 357 g/mol. The van der Waals surface area contributed by atoms with Crippen molar-refractivity contribution in [2.75, 3.05) is 7.05 Å². The first-order valence-corrected chi connectivity index (χ1v) is 8.14. The lowest BCUT2D eigenvalue weighted by Gasteiger charge is -2.19. The van der Waals surface area contributed by atoms with Crippen molar-refractivity contribution in [2.45, 2.75) is 12.5 Å². The first-order chi connectivity index (χ1) is 11.9. The van der Waals surface area contributed by atoms with Crippen molar-refractivity contribution in [2.24, 2.45) is 0 Å². The molecular formula is C17H15N3O4S. The van der Waals surface area contributed by atoms with Crippen molar-refractivity contribution in [1.82, 2.24) is 10.2 Å². The molecule has 25 heavy (non-hydrogen) atoms. The molecule has 2 rings (SSSR count). The molecule has 0 fully saturated rings. The van der Waals surface area contributed by atoms with E-state index in [9.17, 15) is 14.4 Å². The van der Waals surface area contributed by atoms with Crippen LogP contribution in [0, 0.1) is 11.5 Å². The summed E-state index contributed by atoms with van der Waals surface area (Å²) in [6, 6.07) is 6.69. The van der Waals surface area contributed by atoms with E-state index < -0.39 is 23.8 Å². The van der Waals surface area contributed by atoms with Gasteiger partial charge in [0.2, 0.25) is 5.91 Å². The number of carbonyl (C=O) groups excluding carboxylic acids is 2. The molecule has 0 radical (unpaired) electrons. The van der Waals surface area contributed by atoms with Gasteiger partial charge in [-0.1, -0.05) is 18.2 Å². The van der Waals surface area contributed by atoms with Gasteiger partial charge in [-0.15, -0.1) is 11.3 Å². The van der Waals surface area contributed by atoms with Gasteiger partial charge in [0.25, 0.3) is 5.91 Å². The Labute approximate surface area is 147 Å². The van der Waals surface area contributed by atoms with Gasteiger partial charge >= 0.3 is 5.97 Å². The molecule has 1 unspecified atom stereocenters. The van der Waals surface area contributed by atoms with Crippen LogP contribution < -0.4 is 5.32 Å². The monoisotopic (exact) mass is 357 g/mol. The van der Waals surface area contributed by atoms with E-state index >= 15 is 0 Å². The Balaban J connectivity index is 2.25. The maximum Gasteiger partial charge on any atom is 0.328 e. The summed E-state index contributed by atoms with van der Waals surface area (Å²) in [6.07, 6.45) is 3.42.